The number of nitro benzene ring substituents is 1. The van der Waals surface area contributed by atoms with Crippen molar-refractivity contribution in [1.82, 2.24) is 25.5 Å². The second-order valence-electron chi connectivity index (χ2n) is 6.18. The lowest BCUT2D eigenvalue weighted by atomic mass is 10.1. The van der Waals surface area contributed by atoms with Gasteiger partial charge in [-0.25, -0.2) is 0 Å². The second kappa shape index (κ2) is 9.84. The van der Waals surface area contributed by atoms with Gasteiger partial charge in [-0.05, 0) is 42.1 Å². The summed E-state index contributed by atoms with van der Waals surface area (Å²) in [6.07, 6.45) is 2.71. The van der Waals surface area contributed by atoms with Crippen LogP contribution >= 0.6 is 12.2 Å². The SMILES string of the molecule is CCn1nnc(NC(=S)NC(=O)/C=C/c2ccc(N3CCOCC3)c([N+](=O)[O-])c2)n1. The molecule has 0 atom stereocenters. The Labute approximate surface area is 177 Å². The van der Waals surface area contributed by atoms with Gasteiger partial charge in [0.2, 0.25) is 5.91 Å². The predicted molar refractivity (Wildman–Crippen MR) is 113 cm³/mol. The van der Waals surface area contributed by atoms with Gasteiger partial charge >= 0.3 is 0 Å². The van der Waals surface area contributed by atoms with Crippen LogP contribution in [0.25, 0.3) is 6.08 Å². The first-order chi connectivity index (χ1) is 14.5. The molecule has 0 unspecified atom stereocenters. The maximum Gasteiger partial charge on any atom is 0.293 e. The first-order valence-corrected chi connectivity index (χ1v) is 9.56. The van der Waals surface area contributed by atoms with Gasteiger partial charge in [-0.15, -0.1) is 5.10 Å². The lowest BCUT2D eigenvalue weighted by Crippen LogP contribution is -2.36. The number of carbonyl (C=O) groups is 1. The Morgan fingerprint density at radius 2 is 2.17 bits per heavy atom. The molecule has 12 nitrogen and oxygen atoms in total. The average molecular weight is 432 g/mol. The van der Waals surface area contributed by atoms with Crippen LogP contribution in [-0.4, -0.2) is 62.5 Å². The van der Waals surface area contributed by atoms with Crippen LogP contribution in [0.4, 0.5) is 17.3 Å². The number of amides is 1. The minimum absolute atomic E-state index is 0.00829. The van der Waals surface area contributed by atoms with Crippen molar-refractivity contribution in [2.45, 2.75) is 13.5 Å². The van der Waals surface area contributed by atoms with Crippen molar-refractivity contribution < 1.29 is 14.5 Å². The summed E-state index contributed by atoms with van der Waals surface area (Å²) in [6.45, 7) is 4.63. The number of aryl methyl sites for hydroxylation is 1. The molecule has 1 aromatic carbocycles. The summed E-state index contributed by atoms with van der Waals surface area (Å²) in [6, 6.07) is 4.82. The summed E-state index contributed by atoms with van der Waals surface area (Å²) in [5.74, 6) is -0.337. The van der Waals surface area contributed by atoms with Gasteiger partial charge in [0.05, 0.1) is 24.7 Å². The van der Waals surface area contributed by atoms with Crippen molar-refractivity contribution in [3.05, 3.63) is 40.0 Å². The molecule has 1 aromatic heterocycles. The highest BCUT2D eigenvalue weighted by Crippen LogP contribution is 2.30. The molecule has 1 saturated heterocycles. The number of carbonyl (C=O) groups excluding carboxylic acids is 1. The normalized spacial score (nSPS) is 14.0. The van der Waals surface area contributed by atoms with Gasteiger partial charge in [0.25, 0.3) is 11.6 Å². The van der Waals surface area contributed by atoms with Crippen LogP contribution < -0.4 is 15.5 Å². The molecule has 2 N–H and O–H groups in total. The fourth-order valence-corrected chi connectivity index (χ4v) is 2.94. The van der Waals surface area contributed by atoms with Crippen molar-refractivity contribution in [2.24, 2.45) is 0 Å². The van der Waals surface area contributed by atoms with E-state index in [1.807, 2.05) is 11.8 Å². The van der Waals surface area contributed by atoms with E-state index in [-0.39, 0.29) is 16.7 Å². The Kier molecular flexibility index (Phi) is 6.98. The van der Waals surface area contributed by atoms with Crippen molar-refractivity contribution >= 4 is 46.6 Å². The molecule has 30 heavy (non-hydrogen) atoms. The molecule has 0 radical (unpaired) electrons. The number of nitro groups is 1. The number of anilines is 2. The van der Waals surface area contributed by atoms with Crippen molar-refractivity contribution in [1.29, 1.82) is 0 Å². The summed E-state index contributed by atoms with van der Waals surface area (Å²) < 4.78 is 5.29. The molecule has 158 valence electrons. The lowest BCUT2D eigenvalue weighted by molar-refractivity contribution is -0.384. The Morgan fingerprint density at radius 3 is 2.83 bits per heavy atom. The zero-order chi connectivity index (χ0) is 21.5. The van der Waals surface area contributed by atoms with E-state index in [4.69, 9.17) is 17.0 Å². The number of benzene rings is 1. The van der Waals surface area contributed by atoms with Crippen LogP contribution in [0.3, 0.4) is 0 Å². The molecule has 0 spiro atoms. The largest absolute Gasteiger partial charge is 0.378 e. The maximum atomic E-state index is 12.1. The molecular formula is C17H20N8O4S. The van der Waals surface area contributed by atoms with Gasteiger partial charge in [0.1, 0.15) is 5.69 Å². The quantitative estimate of drug-likeness (QED) is 0.293. The third-order valence-corrected chi connectivity index (χ3v) is 4.38. The van der Waals surface area contributed by atoms with Crippen LogP contribution in [0.2, 0.25) is 0 Å². The zero-order valence-electron chi connectivity index (χ0n) is 16.1. The molecular weight excluding hydrogens is 412 g/mol. The van der Waals surface area contributed by atoms with Crippen molar-refractivity contribution in [3.8, 4) is 0 Å². The van der Waals surface area contributed by atoms with Crippen LogP contribution in [0.1, 0.15) is 12.5 Å². The van der Waals surface area contributed by atoms with Gasteiger partial charge in [-0.3, -0.25) is 25.5 Å². The fourth-order valence-electron chi connectivity index (χ4n) is 2.75. The molecule has 0 bridgehead atoms. The van der Waals surface area contributed by atoms with E-state index in [0.717, 1.165) is 0 Å². The van der Waals surface area contributed by atoms with Gasteiger partial charge in [-0.1, -0.05) is 11.2 Å². The highest BCUT2D eigenvalue weighted by Gasteiger charge is 2.21. The number of hydrogen-bond acceptors (Lipinski definition) is 9. The standard InChI is InChI=1S/C17H20N8O4S/c1-2-24-21-16(20-22-24)19-17(30)18-15(26)6-4-12-3-5-13(14(11-12)25(27)28)23-7-9-29-10-8-23/h3-6,11H,2,7-10H2,1H3,(H2,18,19,21,26,30)/b6-4+. The number of nitrogens with zero attached hydrogens (tertiary/aromatic N) is 6. The van der Waals surface area contributed by atoms with Gasteiger partial charge < -0.3 is 9.64 Å². The summed E-state index contributed by atoms with van der Waals surface area (Å²) in [7, 11) is 0. The van der Waals surface area contributed by atoms with Crippen LogP contribution in [0.15, 0.2) is 24.3 Å². The van der Waals surface area contributed by atoms with E-state index >= 15 is 0 Å². The van der Waals surface area contributed by atoms with E-state index in [9.17, 15) is 14.9 Å². The number of ether oxygens (including phenoxy) is 1. The number of rotatable bonds is 6. The molecule has 1 fully saturated rings. The van der Waals surface area contributed by atoms with Crippen molar-refractivity contribution in [2.75, 3.05) is 36.5 Å². The smallest absolute Gasteiger partial charge is 0.293 e. The zero-order valence-corrected chi connectivity index (χ0v) is 17.0. The molecule has 13 heteroatoms. The van der Waals surface area contributed by atoms with Gasteiger partial charge in [0, 0.05) is 25.2 Å². The van der Waals surface area contributed by atoms with Gasteiger partial charge in [-0.2, -0.15) is 4.80 Å². The van der Waals surface area contributed by atoms with E-state index in [0.29, 0.717) is 44.1 Å². The molecule has 1 aliphatic rings. The Bertz CT molecular complexity index is 970. The first-order valence-electron chi connectivity index (χ1n) is 9.15. The molecule has 1 aliphatic heterocycles. The average Bonchev–Trinajstić information content (AvgIpc) is 3.20. The third-order valence-electron chi connectivity index (χ3n) is 4.17. The fraction of sp³-hybridized carbons (Fsp3) is 0.353. The molecule has 1 amide bonds. The number of hydrogen-bond donors (Lipinski definition) is 2. The van der Waals surface area contributed by atoms with E-state index in [1.165, 1.54) is 23.0 Å². The van der Waals surface area contributed by atoms with E-state index < -0.39 is 10.8 Å². The maximum absolute atomic E-state index is 12.1. The highest BCUT2D eigenvalue weighted by molar-refractivity contribution is 7.80. The van der Waals surface area contributed by atoms with Crippen LogP contribution in [0, 0.1) is 10.1 Å². The monoisotopic (exact) mass is 432 g/mol. The van der Waals surface area contributed by atoms with Crippen molar-refractivity contribution in [3.63, 3.8) is 0 Å². The molecule has 3 rings (SSSR count). The number of aromatic nitrogens is 4. The minimum atomic E-state index is -0.504. The Balaban J connectivity index is 1.62. The summed E-state index contributed by atoms with van der Waals surface area (Å²) in [5, 5.41) is 28.1. The first kappa shape index (κ1) is 21.3. The Morgan fingerprint density at radius 1 is 1.40 bits per heavy atom. The van der Waals surface area contributed by atoms with E-state index in [1.54, 1.807) is 12.1 Å². The highest BCUT2D eigenvalue weighted by atomic mass is 32.1. The number of morpholine rings is 1. The summed E-state index contributed by atoms with van der Waals surface area (Å²) in [5.41, 5.74) is 1.02. The number of nitrogens with one attached hydrogen (secondary N) is 2. The summed E-state index contributed by atoms with van der Waals surface area (Å²) >= 11 is 5.03. The number of thiocarbonyl (C=S) groups is 1. The second-order valence-corrected chi connectivity index (χ2v) is 6.59. The molecule has 2 aromatic rings. The third kappa shape index (κ3) is 5.55. The predicted octanol–water partition coefficient (Wildman–Crippen LogP) is 0.964. The van der Waals surface area contributed by atoms with Gasteiger partial charge in [0.15, 0.2) is 5.11 Å². The molecule has 0 aliphatic carbocycles. The summed E-state index contributed by atoms with van der Waals surface area (Å²) in [4.78, 5) is 26.4. The van der Waals surface area contributed by atoms with E-state index in [2.05, 4.69) is 26.0 Å². The molecule has 2 heterocycles. The topological polar surface area (TPSA) is 140 Å². The molecule has 0 saturated carbocycles. The lowest BCUT2D eigenvalue weighted by Gasteiger charge is -2.28. The number of tetrazole rings is 1. The minimum Gasteiger partial charge on any atom is -0.378 e. The van der Waals surface area contributed by atoms with Crippen LogP contribution in [-0.2, 0) is 16.1 Å². The van der Waals surface area contributed by atoms with Crippen LogP contribution in [0.5, 0.6) is 0 Å². The Hall–Kier alpha value is -3.45.